The van der Waals surface area contributed by atoms with Crippen LogP contribution in [0.3, 0.4) is 0 Å². The summed E-state index contributed by atoms with van der Waals surface area (Å²) in [6, 6.07) is 7.04. The summed E-state index contributed by atoms with van der Waals surface area (Å²) in [5.74, 6) is -0.518. The highest BCUT2D eigenvalue weighted by molar-refractivity contribution is 6.31. The Morgan fingerprint density at radius 3 is 2.90 bits per heavy atom. The molecule has 5 nitrogen and oxygen atoms in total. The molecule has 2 aromatic rings. The molecule has 6 heteroatoms. The zero-order valence-corrected chi connectivity index (χ0v) is 12.2. The molecular formula is C15H16ClN3O2. The van der Waals surface area contributed by atoms with Crippen molar-refractivity contribution in [3.63, 3.8) is 0 Å². The summed E-state index contributed by atoms with van der Waals surface area (Å²) >= 11 is 6.01. The minimum absolute atomic E-state index is 0.0891. The standard InChI is InChI=1S/C15H16ClN3O2/c16-11-4-3-10-5-7-18(13(10)8-11)9-14(20)19-6-1-2-12(19)15(17)21/h3-5,7-8,12H,1-2,6,9H2,(H2,17,21)/t12-/m1/s1. The van der Waals surface area contributed by atoms with Gasteiger partial charge in [-0.1, -0.05) is 17.7 Å². The number of fused-ring (bicyclic) bond motifs is 1. The van der Waals surface area contributed by atoms with Gasteiger partial charge in [-0.2, -0.15) is 0 Å². The van der Waals surface area contributed by atoms with Gasteiger partial charge in [-0.25, -0.2) is 0 Å². The summed E-state index contributed by atoms with van der Waals surface area (Å²) in [5, 5.41) is 1.66. The molecule has 2 N–H and O–H groups in total. The number of amides is 2. The second kappa shape index (κ2) is 5.41. The maximum absolute atomic E-state index is 12.4. The van der Waals surface area contributed by atoms with Crippen molar-refractivity contribution in [3.8, 4) is 0 Å². The summed E-state index contributed by atoms with van der Waals surface area (Å²) < 4.78 is 1.85. The van der Waals surface area contributed by atoms with Gasteiger partial charge >= 0.3 is 0 Å². The Kier molecular flexibility index (Phi) is 3.59. The highest BCUT2D eigenvalue weighted by Crippen LogP contribution is 2.22. The van der Waals surface area contributed by atoms with E-state index in [1.807, 2.05) is 35.0 Å². The molecule has 0 aliphatic carbocycles. The largest absolute Gasteiger partial charge is 0.368 e. The van der Waals surface area contributed by atoms with E-state index in [4.69, 9.17) is 17.3 Å². The molecular weight excluding hydrogens is 290 g/mol. The first-order chi connectivity index (χ1) is 10.1. The molecule has 3 rings (SSSR count). The van der Waals surface area contributed by atoms with E-state index in [1.165, 1.54) is 0 Å². The molecule has 0 spiro atoms. The van der Waals surface area contributed by atoms with Crippen LogP contribution in [0.1, 0.15) is 12.8 Å². The number of nitrogens with two attached hydrogens (primary N) is 1. The summed E-state index contributed by atoms with van der Waals surface area (Å²) in [6.07, 6.45) is 3.32. The topological polar surface area (TPSA) is 68.3 Å². The molecule has 0 unspecified atom stereocenters. The van der Waals surface area contributed by atoms with Gasteiger partial charge in [0, 0.05) is 23.3 Å². The first-order valence-corrected chi connectivity index (χ1v) is 7.27. The zero-order valence-electron chi connectivity index (χ0n) is 11.5. The molecule has 0 bridgehead atoms. The van der Waals surface area contributed by atoms with Crippen LogP contribution in [0.15, 0.2) is 30.5 Å². The van der Waals surface area contributed by atoms with E-state index in [2.05, 4.69) is 0 Å². The summed E-state index contributed by atoms with van der Waals surface area (Å²) in [7, 11) is 0. The fraction of sp³-hybridized carbons (Fsp3) is 0.333. The van der Waals surface area contributed by atoms with Gasteiger partial charge in [-0.05, 0) is 36.4 Å². The zero-order chi connectivity index (χ0) is 15.0. The van der Waals surface area contributed by atoms with Crippen LogP contribution in [-0.4, -0.2) is 33.9 Å². The van der Waals surface area contributed by atoms with Crippen LogP contribution in [0, 0.1) is 0 Å². The van der Waals surface area contributed by atoms with Crippen molar-refractivity contribution < 1.29 is 9.59 Å². The Morgan fingerprint density at radius 1 is 1.33 bits per heavy atom. The number of hydrogen-bond acceptors (Lipinski definition) is 2. The predicted octanol–water partition coefficient (Wildman–Crippen LogP) is 1.77. The van der Waals surface area contributed by atoms with Crippen LogP contribution in [0.25, 0.3) is 10.9 Å². The second-order valence-corrected chi connectivity index (χ2v) is 5.73. The molecule has 1 aliphatic rings. The first-order valence-electron chi connectivity index (χ1n) is 6.89. The van der Waals surface area contributed by atoms with Crippen molar-refractivity contribution >= 4 is 34.3 Å². The third-order valence-electron chi connectivity index (χ3n) is 3.94. The summed E-state index contributed by atoms with van der Waals surface area (Å²) in [6.45, 7) is 0.778. The highest BCUT2D eigenvalue weighted by atomic mass is 35.5. The lowest BCUT2D eigenvalue weighted by Gasteiger charge is -2.22. The Balaban J connectivity index is 1.83. The van der Waals surface area contributed by atoms with E-state index < -0.39 is 11.9 Å². The minimum atomic E-state index is -0.470. The smallest absolute Gasteiger partial charge is 0.243 e. The van der Waals surface area contributed by atoms with Gasteiger partial charge in [0.25, 0.3) is 0 Å². The molecule has 2 amide bonds. The Morgan fingerprint density at radius 2 is 2.14 bits per heavy atom. The molecule has 0 radical (unpaired) electrons. The number of primary amides is 1. The number of hydrogen-bond donors (Lipinski definition) is 1. The molecule has 1 aromatic carbocycles. The number of rotatable bonds is 3. The molecule has 1 aliphatic heterocycles. The van der Waals surface area contributed by atoms with Gasteiger partial charge in [0.15, 0.2) is 0 Å². The molecule has 1 atom stereocenters. The molecule has 1 aromatic heterocycles. The molecule has 21 heavy (non-hydrogen) atoms. The fourth-order valence-corrected chi connectivity index (χ4v) is 3.06. The number of aromatic nitrogens is 1. The Hall–Kier alpha value is -2.01. The number of nitrogens with zero attached hydrogens (tertiary/aromatic N) is 2. The maximum atomic E-state index is 12.4. The van der Waals surface area contributed by atoms with Gasteiger partial charge in [0.1, 0.15) is 12.6 Å². The van der Waals surface area contributed by atoms with Gasteiger partial charge in [-0.3, -0.25) is 9.59 Å². The van der Waals surface area contributed by atoms with Crippen molar-refractivity contribution in [1.29, 1.82) is 0 Å². The molecule has 0 saturated carbocycles. The number of halogens is 1. The quantitative estimate of drug-likeness (QED) is 0.939. The second-order valence-electron chi connectivity index (χ2n) is 5.29. The van der Waals surface area contributed by atoms with Crippen LogP contribution < -0.4 is 5.73 Å². The first kappa shape index (κ1) is 13.9. The average Bonchev–Trinajstić information content (AvgIpc) is 3.06. The van der Waals surface area contributed by atoms with E-state index in [-0.39, 0.29) is 12.5 Å². The normalized spacial score (nSPS) is 18.3. The van der Waals surface area contributed by atoms with E-state index in [0.717, 1.165) is 17.3 Å². The van der Waals surface area contributed by atoms with Crippen molar-refractivity contribution in [3.05, 3.63) is 35.5 Å². The monoisotopic (exact) mass is 305 g/mol. The molecule has 1 saturated heterocycles. The summed E-state index contributed by atoms with van der Waals surface area (Å²) in [5.41, 5.74) is 6.26. The predicted molar refractivity (Wildman–Crippen MR) is 80.9 cm³/mol. The van der Waals surface area contributed by atoms with E-state index in [1.54, 1.807) is 4.90 Å². The highest BCUT2D eigenvalue weighted by Gasteiger charge is 2.32. The fourth-order valence-electron chi connectivity index (χ4n) is 2.89. The Bertz CT molecular complexity index is 710. The third-order valence-corrected chi connectivity index (χ3v) is 4.18. The SMILES string of the molecule is NC(=O)[C@H]1CCCN1C(=O)Cn1ccc2ccc(Cl)cc21. The number of carbonyl (C=O) groups is 2. The van der Waals surface area contributed by atoms with Gasteiger partial charge < -0.3 is 15.2 Å². The number of benzene rings is 1. The van der Waals surface area contributed by atoms with Crippen molar-refractivity contribution in [2.75, 3.05) is 6.54 Å². The third kappa shape index (κ3) is 2.61. The van der Waals surface area contributed by atoms with E-state index >= 15 is 0 Å². The molecule has 1 fully saturated rings. The maximum Gasteiger partial charge on any atom is 0.243 e. The Labute approximate surface area is 127 Å². The van der Waals surface area contributed by atoms with Crippen LogP contribution in [-0.2, 0) is 16.1 Å². The molecule has 2 heterocycles. The van der Waals surface area contributed by atoms with Gasteiger partial charge in [0.05, 0.1) is 0 Å². The lowest BCUT2D eigenvalue weighted by molar-refractivity contribution is -0.137. The summed E-state index contributed by atoms with van der Waals surface area (Å²) in [4.78, 5) is 25.4. The van der Waals surface area contributed by atoms with Gasteiger partial charge in [-0.15, -0.1) is 0 Å². The number of carbonyl (C=O) groups excluding carboxylic acids is 2. The van der Waals surface area contributed by atoms with Crippen molar-refractivity contribution in [2.45, 2.75) is 25.4 Å². The van der Waals surface area contributed by atoms with Crippen LogP contribution in [0.2, 0.25) is 5.02 Å². The minimum Gasteiger partial charge on any atom is -0.368 e. The van der Waals surface area contributed by atoms with Crippen molar-refractivity contribution in [2.24, 2.45) is 5.73 Å². The van der Waals surface area contributed by atoms with E-state index in [9.17, 15) is 9.59 Å². The lowest BCUT2D eigenvalue weighted by atomic mass is 10.2. The van der Waals surface area contributed by atoms with Crippen LogP contribution in [0.4, 0.5) is 0 Å². The molecule has 110 valence electrons. The van der Waals surface area contributed by atoms with Crippen LogP contribution in [0.5, 0.6) is 0 Å². The average molecular weight is 306 g/mol. The lowest BCUT2D eigenvalue weighted by Crippen LogP contribution is -2.44. The van der Waals surface area contributed by atoms with Crippen LogP contribution >= 0.6 is 11.6 Å². The van der Waals surface area contributed by atoms with E-state index in [0.29, 0.717) is 18.0 Å². The number of likely N-dealkylation sites (tertiary alicyclic amines) is 1. The van der Waals surface area contributed by atoms with Gasteiger partial charge in [0.2, 0.25) is 11.8 Å². The van der Waals surface area contributed by atoms with Crippen molar-refractivity contribution in [1.82, 2.24) is 9.47 Å².